The minimum Gasteiger partial charge on any atom is -0.478 e. The molecule has 1 heterocycles. The second-order valence-electron chi connectivity index (χ2n) is 3.92. The third-order valence-corrected chi connectivity index (χ3v) is 2.49. The summed E-state index contributed by atoms with van der Waals surface area (Å²) >= 11 is 0. The van der Waals surface area contributed by atoms with Gasteiger partial charge in [-0.1, -0.05) is 6.07 Å². The van der Waals surface area contributed by atoms with Crippen molar-refractivity contribution < 1.29 is 19.1 Å². The number of carboxylic acid groups (broad SMARTS) is 1. The van der Waals surface area contributed by atoms with Crippen LogP contribution in [0.3, 0.4) is 0 Å². The van der Waals surface area contributed by atoms with E-state index in [4.69, 9.17) is 10.8 Å². The van der Waals surface area contributed by atoms with Gasteiger partial charge in [0.2, 0.25) is 5.91 Å². The third kappa shape index (κ3) is 2.89. The number of nitrogens with one attached hydrogen (secondary N) is 1. The van der Waals surface area contributed by atoms with Gasteiger partial charge in [0, 0.05) is 11.3 Å². The Morgan fingerprint density at radius 2 is 2.05 bits per heavy atom. The fourth-order valence-corrected chi connectivity index (χ4v) is 1.59. The highest BCUT2D eigenvalue weighted by atomic mass is 19.1. The first-order valence-electron chi connectivity index (χ1n) is 5.53. The highest BCUT2D eigenvalue weighted by Crippen LogP contribution is 2.20. The minimum atomic E-state index is -1.31. The lowest BCUT2D eigenvalue weighted by Crippen LogP contribution is -2.11. The third-order valence-electron chi connectivity index (χ3n) is 2.49. The van der Waals surface area contributed by atoms with Crippen LogP contribution in [-0.2, 0) is 0 Å². The van der Waals surface area contributed by atoms with E-state index in [1.54, 1.807) is 12.1 Å². The van der Waals surface area contributed by atoms with Crippen LogP contribution < -0.4 is 11.1 Å². The molecule has 0 aliphatic heterocycles. The van der Waals surface area contributed by atoms with Crippen LogP contribution in [0.25, 0.3) is 0 Å². The molecular formula is C13H10FN3O3. The molecule has 0 unspecified atom stereocenters. The first-order valence-corrected chi connectivity index (χ1v) is 5.53. The van der Waals surface area contributed by atoms with Crippen molar-refractivity contribution in [3.05, 3.63) is 53.5 Å². The molecule has 1 amide bonds. The van der Waals surface area contributed by atoms with Gasteiger partial charge in [-0.15, -0.1) is 0 Å². The minimum absolute atomic E-state index is 0.0273. The Bertz CT molecular complexity index is 688. The van der Waals surface area contributed by atoms with Crippen molar-refractivity contribution in [3.8, 4) is 0 Å². The first kappa shape index (κ1) is 13.5. The Kier molecular flexibility index (Phi) is 3.60. The van der Waals surface area contributed by atoms with Gasteiger partial charge < -0.3 is 16.2 Å². The van der Waals surface area contributed by atoms with E-state index in [2.05, 4.69) is 10.3 Å². The summed E-state index contributed by atoms with van der Waals surface area (Å²) in [5.41, 5.74) is 5.51. The standard InChI is InChI=1S/C13H10FN3O3/c14-8-5-10(13(19)20)12(16-6-8)17-9-3-1-2-7(4-9)11(15)18/h1-6H,(H2,15,18)(H,16,17)(H,19,20). The predicted octanol–water partition coefficient (Wildman–Crippen LogP) is 1.76. The van der Waals surface area contributed by atoms with Crippen LogP contribution in [0.4, 0.5) is 15.9 Å². The van der Waals surface area contributed by atoms with Crippen molar-refractivity contribution in [2.45, 2.75) is 0 Å². The van der Waals surface area contributed by atoms with Crippen LogP contribution in [-0.4, -0.2) is 22.0 Å². The van der Waals surface area contributed by atoms with Gasteiger partial charge in [-0.3, -0.25) is 4.79 Å². The number of primary amides is 1. The van der Waals surface area contributed by atoms with E-state index in [-0.39, 0.29) is 16.9 Å². The number of anilines is 2. The molecule has 0 bridgehead atoms. The van der Waals surface area contributed by atoms with Gasteiger partial charge in [-0.25, -0.2) is 14.2 Å². The fourth-order valence-electron chi connectivity index (χ4n) is 1.59. The SMILES string of the molecule is NC(=O)c1cccc(Nc2ncc(F)cc2C(=O)O)c1. The van der Waals surface area contributed by atoms with Crippen molar-refractivity contribution in [2.24, 2.45) is 5.73 Å². The van der Waals surface area contributed by atoms with Gasteiger partial charge >= 0.3 is 5.97 Å². The van der Waals surface area contributed by atoms with Crippen molar-refractivity contribution in [3.63, 3.8) is 0 Å². The zero-order chi connectivity index (χ0) is 14.7. The Morgan fingerprint density at radius 1 is 1.30 bits per heavy atom. The maximum atomic E-state index is 13.0. The van der Waals surface area contributed by atoms with Gasteiger partial charge in [0.15, 0.2) is 0 Å². The number of nitrogens with two attached hydrogens (primary N) is 1. The molecule has 7 heteroatoms. The van der Waals surface area contributed by atoms with E-state index in [1.807, 2.05) is 0 Å². The van der Waals surface area contributed by atoms with Gasteiger partial charge in [0.05, 0.1) is 6.20 Å². The second-order valence-corrected chi connectivity index (χ2v) is 3.92. The molecule has 102 valence electrons. The van der Waals surface area contributed by atoms with E-state index in [0.29, 0.717) is 5.69 Å². The number of rotatable bonds is 4. The highest BCUT2D eigenvalue weighted by Gasteiger charge is 2.13. The number of halogens is 1. The largest absolute Gasteiger partial charge is 0.478 e. The number of hydrogen-bond acceptors (Lipinski definition) is 4. The molecule has 0 saturated heterocycles. The highest BCUT2D eigenvalue weighted by molar-refractivity contribution is 5.95. The monoisotopic (exact) mass is 275 g/mol. The zero-order valence-corrected chi connectivity index (χ0v) is 10.1. The molecule has 20 heavy (non-hydrogen) atoms. The van der Waals surface area contributed by atoms with Gasteiger partial charge in [-0.05, 0) is 24.3 Å². The van der Waals surface area contributed by atoms with Crippen LogP contribution in [0, 0.1) is 5.82 Å². The van der Waals surface area contributed by atoms with E-state index in [1.165, 1.54) is 12.1 Å². The molecule has 0 spiro atoms. The molecular weight excluding hydrogens is 265 g/mol. The molecule has 2 rings (SSSR count). The molecule has 6 nitrogen and oxygen atoms in total. The lowest BCUT2D eigenvalue weighted by atomic mass is 10.2. The molecule has 1 aromatic heterocycles. The summed E-state index contributed by atoms with van der Waals surface area (Å²) in [7, 11) is 0. The van der Waals surface area contributed by atoms with Crippen molar-refractivity contribution in [2.75, 3.05) is 5.32 Å². The van der Waals surface area contributed by atoms with Crippen LogP contribution in [0.15, 0.2) is 36.5 Å². The summed E-state index contributed by atoms with van der Waals surface area (Å²) in [6.07, 6.45) is 0.896. The topological polar surface area (TPSA) is 105 Å². The van der Waals surface area contributed by atoms with Crippen LogP contribution in [0.2, 0.25) is 0 Å². The Hall–Kier alpha value is -2.96. The quantitative estimate of drug-likeness (QED) is 0.788. The summed E-state index contributed by atoms with van der Waals surface area (Å²) in [5.74, 6) is -2.70. The Labute approximate surface area is 113 Å². The number of carbonyl (C=O) groups is 2. The summed E-state index contributed by atoms with van der Waals surface area (Å²) in [6.45, 7) is 0. The fraction of sp³-hybridized carbons (Fsp3) is 0. The van der Waals surface area contributed by atoms with E-state index in [9.17, 15) is 14.0 Å². The Balaban J connectivity index is 2.37. The summed E-state index contributed by atoms with van der Waals surface area (Å²) in [6, 6.07) is 6.99. The molecule has 1 aromatic carbocycles. The molecule has 0 fully saturated rings. The number of carboxylic acids is 1. The van der Waals surface area contributed by atoms with Gasteiger partial charge in [0.25, 0.3) is 0 Å². The molecule has 0 radical (unpaired) electrons. The molecule has 0 saturated carbocycles. The Morgan fingerprint density at radius 3 is 2.70 bits per heavy atom. The molecule has 4 N–H and O–H groups in total. The number of carbonyl (C=O) groups excluding carboxylic acids is 1. The lowest BCUT2D eigenvalue weighted by Gasteiger charge is -2.09. The number of aromatic carboxylic acids is 1. The number of amides is 1. The van der Waals surface area contributed by atoms with Gasteiger partial charge in [-0.2, -0.15) is 0 Å². The van der Waals surface area contributed by atoms with Crippen molar-refractivity contribution in [1.29, 1.82) is 0 Å². The summed E-state index contributed by atoms with van der Waals surface area (Å²) < 4.78 is 13.0. The zero-order valence-electron chi connectivity index (χ0n) is 10.1. The molecule has 0 atom stereocenters. The maximum absolute atomic E-state index is 13.0. The predicted molar refractivity (Wildman–Crippen MR) is 69.4 cm³/mol. The molecule has 0 aliphatic carbocycles. The summed E-state index contributed by atoms with van der Waals surface area (Å²) in [4.78, 5) is 25.8. The van der Waals surface area contributed by atoms with Crippen LogP contribution in [0.5, 0.6) is 0 Å². The second kappa shape index (κ2) is 5.35. The lowest BCUT2D eigenvalue weighted by molar-refractivity contribution is 0.0696. The van der Waals surface area contributed by atoms with E-state index in [0.717, 1.165) is 12.3 Å². The number of benzene rings is 1. The number of hydrogen-bond donors (Lipinski definition) is 3. The smallest absolute Gasteiger partial charge is 0.339 e. The number of aromatic nitrogens is 1. The molecule has 0 aliphatic rings. The van der Waals surface area contributed by atoms with E-state index < -0.39 is 17.7 Å². The van der Waals surface area contributed by atoms with Gasteiger partial charge in [0.1, 0.15) is 17.2 Å². The number of nitrogens with zero attached hydrogens (tertiary/aromatic N) is 1. The number of pyridine rings is 1. The van der Waals surface area contributed by atoms with Crippen molar-refractivity contribution >= 4 is 23.4 Å². The van der Waals surface area contributed by atoms with Crippen molar-refractivity contribution in [1.82, 2.24) is 4.98 Å². The average Bonchev–Trinajstić information content (AvgIpc) is 2.41. The normalized spacial score (nSPS) is 10.1. The molecule has 2 aromatic rings. The van der Waals surface area contributed by atoms with Crippen LogP contribution in [0.1, 0.15) is 20.7 Å². The van der Waals surface area contributed by atoms with Crippen LogP contribution >= 0.6 is 0 Å². The summed E-state index contributed by atoms with van der Waals surface area (Å²) in [5, 5.41) is 11.7. The average molecular weight is 275 g/mol. The van der Waals surface area contributed by atoms with E-state index >= 15 is 0 Å². The maximum Gasteiger partial charge on any atom is 0.339 e. The first-order chi connectivity index (χ1) is 9.47.